The lowest BCUT2D eigenvalue weighted by Gasteiger charge is -2.36. The molecular weight excluding hydrogens is 389 g/mol. The van der Waals surface area contributed by atoms with Crippen molar-refractivity contribution in [1.82, 2.24) is 9.80 Å². The molecule has 2 amide bonds. The molecule has 1 aliphatic heterocycles. The van der Waals surface area contributed by atoms with Crippen LogP contribution in [0, 0.1) is 12.7 Å². The summed E-state index contributed by atoms with van der Waals surface area (Å²) in [5.41, 5.74) is 1.06. The van der Waals surface area contributed by atoms with E-state index in [0.717, 1.165) is 0 Å². The largest absolute Gasteiger partial charge is 0.469 e. The fourth-order valence-corrected chi connectivity index (χ4v) is 3.59. The SMILES string of the molecule is COCCN(CCC(=O)N1CCN(c2ccccc2F)CC1)C(=O)c1ccoc1C. The van der Waals surface area contributed by atoms with Gasteiger partial charge in [-0.1, -0.05) is 12.1 Å². The monoisotopic (exact) mass is 417 g/mol. The van der Waals surface area contributed by atoms with Gasteiger partial charge < -0.3 is 23.9 Å². The predicted molar refractivity (Wildman–Crippen MR) is 111 cm³/mol. The molecule has 0 radical (unpaired) electrons. The Labute approximate surface area is 176 Å². The van der Waals surface area contributed by atoms with Gasteiger partial charge in [0, 0.05) is 52.8 Å². The van der Waals surface area contributed by atoms with Crippen molar-refractivity contribution in [2.45, 2.75) is 13.3 Å². The molecule has 30 heavy (non-hydrogen) atoms. The van der Waals surface area contributed by atoms with Crippen molar-refractivity contribution in [3.63, 3.8) is 0 Å². The number of anilines is 1. The fourth-order valence-electron chi connectivity index (χ4n) is 3.59. The lowest BCUT2D eigenvalue weighted by atomic mass is 10.2. The number of rotatable bonds is 8. The van der Waals surface area contributed by atoms with Crippen molar-refractivity contribution in [2.75, 3.05) is 57.9 Å². The molecule has 1 aromatic heterocycles. The van der Waals surface area contributed by atoms with E-state index in [4.69, 9.17) is 9.15 Å². The van der Waals surface area contributed by atoms with Gasteiger partial charge in [-0.3, -0.25) is 9.59 Å². The summed E-state index contributed by atoms with van der Waals surface area (Å²) in [6.07, 6.45) is 1.71. The summed E-state index contributed by atoms with van der Waals surface area (Å²) < 4.78 is 24.3. The number of halogens is 1. The number of carbonyl (C=O) groups is 2. The molecule has 2 heterocycles. The average molecular weight is 417 g/mol. The van der Waals surface area contributed by atoms with Crippen molar-refractivity contribution in [2.24, 2.45) is 0 Å². The Morgan fingerprint density at radius 1 is 1.13 bits per heavy atom. The number of furan rings is 1. The van der Waals surface area contributed by atoms with E-state index < -0.39 is 0 Å². The topological polar surface area (TPSA) is 66.2 Å². The van der Waals surface area contributed by atoms with Crippen molar-refractivity contribution >= 4 is 17.5 Å². The highest BCUT2D eigenvalue weighted by molar-refractivity contribution is 5.95. The Balaban J connectivity index is 1.54. The molecule has 8 heteroatoms. The van der Waals surface area contributed by atoms with Gasteiger partial charge in [-0.15, -0.1) is 0 Å². The number of aryl methyl sites for hydroxylation is 1. The molecule has 0 unspecified atom stereocenters. The van der Waals surface area contributed by atoms with Crippen LogP contribution in [0.15, 0.2) is 41.0 Å². The minimum atomic E-state index is -0.251. The van der Waals surface area contributed by atoms with E-state index in [1.54, 1.807) is 42.0 Å². The quantitative estimate of drug-likeness (QED) is 0.661. The minimum absolute atomic E-state index is 0.0117. The average Bonchev–Trinajstić information content (AvgIpc) is 3.19. The van der Waals surface area contributed by atoms with Crippen LogP contribution in [-0.2, 0) is 9.53 Å². The number of hydrogen-bond donors (Lipinski definition) is 0. The number of hydrogen-bond acceptors (Lipinski definition) is 5. The molecule has 3 rings (SSSR count). The van der Waals surface area contributed by atoms with E-state index in [2.05, 4.69) is 0 Å². The predicted octanol–water partition coefficient (Wildman–Crippen LogP) is 2.55. The maximum absolute atomic E-state index is 14.0. The van der Waals surface area contributed by atoms with Crippen LogP contribution in [0.4, 0.5) is 10.1 Å². The van der Waals surface area contributed by atoms with Crippen molar-refractivity contribution in [1.29, 1.82) is 0 Å². The van der Waals surface area contributed by atoms with E-state index in [9.17, 15) is 14.0 Å². The molecule has 162 valence electrons. The summed E-state index contributed by atoms with van der Waals surface area (Å²) in [5, 5.41) is 0. The summed E-state index contributed by atoms with van der Waals surface area (Å²) in [5.74, 6) is 0.120. The van der Waals surface area contributed by atoms with Gasteiger partial charge in [0.2, 0.25) is 5.91 Å². The molecule has 1 aromatic carbocycles. The molecule has 1 saturated heterocycles. The highest BCUT2D eigenvalue weighted by atomic mass is 19.1. The molecule has 7 nitrogen and oxygen atoms in total. The number of methoxy groups -OCH3 is 1. The zero-order valence-corrected chi connectivity index (χ0v) is 17.5. The first-order chi connectivity index (χ1) is 14.5. The molecular formula is C22H28FN3O4. The Hall–Kier alpha value is -2.87. The van der Waals surface area contributed by atoms with E-state index >= 15 is 0 Å². The highest BCUT2D eigenvalue weighted by Gasteiger charge is 2.25. The summed E-state index contributed by atoms with van der Waals surface area (Å²) in [7, 11) is 1.58. The van der Waals surface area contributed by atoms with Crippen LogP contribution in [0.1, 0.15) is 22.5 Å². The molecule has 0 bridgehead atoms. The smallest absolute Gasteiger partial charge is 0.257 e. The third kappa shape index (κ3) is 5.18. The standard InChI is InChI=1S/C22H28FN3O4/c1-17-18(8-15-30-17)22(28)26(14-16-29-2)9-7-21(27)25-12-10-24(11-13-25)20-6-4-3-5-19(20)23/h3-6,8,15H,7,9-14,16H2,1-2H3. The van der Waals surface area contributed by atoms with E-state index in [1.165, 1.54) is 12.3 Å². The van der Waals surface area contributed by atoms with Crippen LogP contribution < -0.4 is 4.90 Å². The first-order valence-electron chi connectivity index (χ1n) is 10.1. The third-order valence-electron chi connectivity index (χ3n) is 5.36. The first kappa shape index (κ1) is 21.8. The van der Waals surface area contributed by atoms with Gasteiger partial charge in [0.05, 0.1) is 24.1 Å². The van der Waals surface area contributed by atoms with Crippen LogP contribution in [0.3, 0.4) is 0 Å². The highest BCUT2D eigenvalue weighted by Crippen LogP contribution is 2.20. The lowest BCUT2D eigenvalue weighted by molar-refractivity contribution is -0.131. The second-order valence-electron chi connectivity index (χ2n) is 7.24. The molecule has 2 aromatic rings. The molecule has 1 aliphatic rings. The van der Waals surface area contributed by atoms with Gasteiger partial charge in [-0.25, -0.2) is 4.39 Å². The molecule has 0 atom stereocenters. The fraction of sp³-hybridized carbons (Fsp3) is 0.455. The van der Waals surface area contributed by atoms with Crippen molar-refractivity contribution in [3.05, 3.63) is 53.7 Å². The zero-order valence-electron chi connectivity index (χ0n) is 17.5. The van der Waals surface area contributed by atoms with Crippen molar-refractivity contribution < 1.29 is 23.1 Å². The maximum Gasteiger partial charge on any atom is 0.257 e. The van der Waals surface area contributed by atoms with Crippen LogP contribution >= 0.6 is 0 Å². The maximum atomic E-state index is 14.0. The van der Waals surface area contributed by atoms with Crippen LogP contribution in [0.5, 0.6) is 0 Å². The Kier molecular flexibility index (Phi) is 7.46. The van der Waals surface area contributed by atoms with E-state index in [1.807, 2.05) is 11.0 Å². The number of nitrogens with zero attached hydrogens (tertiary/aromatic N) is 3. The second kappa shape index (κ2) is 10.2. The number of para-hydroxylation sites is 1. The number of benzene rings is 1. The van der Waals surface area contributed by atoms with Crippen LogP contribution in [-0.4, -0.2) is 74.6 Å². The Morgan fingerprint density at radius 3 is 2.50 bits per heavy atom. The van der Waals surface area contributed by atoms with Gasteiger partial charge in [-0.2, -0.15) is 0 Å². The van der Waals surface area contributed by atoms with Gasteiger partial charge >= 0.3 is 0 Å². The van der Waals surface area contributed by atoms with Crippen LogP contribution in [0.2, 0.25) is 0 Å². The second-order valence-corrected chi connectivity index (χ2v) is 7.24. The zero-order chi connectivity index (χ0) is 21.5. The van der Waals surface area contributed by atoms with E-state index in [0.29, 0.717) is 62.9 Å². The summed E-state index contributed by atoms with van der Waals surface area (Å²) >= 11 is 0. The summed E-state index contributed by atoms with van der Waals surface area (Å²) in [6.45, 7) is 5.04. The van der Waals surface area contributed by atoms with Gasteiger partial charge in [0.15, 0.2) is 0 Å². The van der Waals surface area contributed by atoms with Crippen molar-refractivity contribution in [3.8, 4) is 0 Å². The van der Waals surface area contributed by atoms with Gasteiger partial charge in [-0.05, 0) is 25.1 Å². The summed E-state index contributed by atoms with van der Waals surface area (Å²) in [4.78, 5) is 30.9. The van der Waals surface area contributed by atoms with E-state index in [-0.39, 0.29) is 24.1 Å². The molecule has 0 N–H and O–H groups in total. The molecule has 1 fully saturated rings. The Morgan fingerprint density at radius 2 is 1.87 bits per heavy atom. The normalized spacial score (nSPS) is 14.1. The number of piperazine rings is 1. The van der Waals surface area contributed by atoms with Gasteiger partial charge in [0.1, 0.15) is 11.6 Å². The minimum Gasteiger partial charge on any atom is -0.469 e. The molecule has 0 aliphatic carbocycles. The summed E-state index contributed by atoms with van der Waals surface area (Å²) in [6, 6.07) is 8.31. The van der Waals surface area contributed by atoms with Gasteiger partial charge in [0.25, 0.3) is 5.91 Å². The van der Waals surface area contributed by atoms with Crippen LogP contribution in [0.25, 0.3) is 0 Å². The lowest BCUT2D eigenvalue weighted by Crippen LogP contribution is -2.49. The third-order valence-corrected chi connectivity index (χ3v) is 5.36. The first-order valence-corrected chi connectivity index (χ1v) is 10.1. The number of ether oxygens (including phenoxy) is 1. The number of carbonyl (C=O) groups excluding carboxylic acids is 2. The number of amides is 2. The molecule has 0 saturated carbocycles. The molecule has 0 spiro atoms. The Bertz CT molecular complexity index is 862.